The average molecular weight is 462 g/mol. The first kappa shape index (κ1) is 20.9. The molecule has 0 spiro atoms. The molecular weight excluding hydrogens is 444 g/mol. The molecular formula is C24H18N2O6S. The number of nitrogens with zero attached hydrogens (tertiary/aromatic N) is 1. The van der Waals surface area contributed by atoms with Crippen LogP contribution in [-0.4, -0.2) is 36.5 Å². The topological polar surface area (TPSA) is 108 Å². The molecule has 5 rings (SSSR count). The van der Waals surface area contributed by atoms with Crippen LogP contribution in [0.2, 0.25) is 0 Å². The largest absolute Gasteiger partial charge is 0.465 e. The van der Waals surface area contributed by atoms with E-state index in [9.17, 15) is 14.4 Å². The van der Waals surface area contributed by atoms with Crippen LogP contribution in [0.3, 0.4) is 0 Å². The Balaban J connectivity index is 1.36. The molecule has 1 amide bonds. The minimum absolute atomic E-state index is 0.201. The summed E-state index contributed by atoms with van der Waals surface area (Å²) in [6, 6.07) is 12.8. The number of aromatic nitrogens is 1. The van der Waals surface area contributed by atoms with Crippen molar-refractivity contribution in [1.82, 2.24) is 4.98 Å². The standard InChI is InChI=1S/C24H18N2O6S/c1-30-24(29)19-15-10-9-13-5-2-3-6-14(13)21(15)33-22(19)26-18(27)11-31-23(28)16-7-4-8-17-20(16)25-12-32-17/h2-8,12H,9-11H2,1H3,(H,26,27). The van der Waals surface area contributed by atoms with Gasteiger partial charge in [0.05, 0.1) is 18.2 Å². The Kier molecular flexibility index (Phi) is 5.39. The smallest absolute Gasteiger partial charge is 0.341 e. The summed E-state index contributed by atoms with van der Waals surface area (Å²) in [5.41, 5.74) is 4.45. The van der Waals surface area contributed by atoms with E-state index in [0.717, 1.165) is 22.4 Å². The fourth-order valence-electron chi connectivity index (χ4n) is 3.97. The summed E-state index contributed by atoms with van der Waals surface area (Å²) in [5.74, 6) is -1.78. The number of esters is 2. The number of methoxy groups -OCH3 is 1. The van der Waals surface area contributed by atoms with Gasteiger partial charge in [-0.3, -0.25) is 4.79 Å². The molecule has 33 heavy (non-hydrogen) atoms. The van der Waals surface area contributed by atoms with Gasteiger partial charge in [-0.25, -0.2) is 14.6 Å². The zero-order valence-electron chi connectivity index (χ0n) is 17.5. The Bertz CT molecular complexity index is 1400. The number of benzene rings is 2. The summed E-state index contributed by atoms with van der Waals surface area (Å²) in [6.45, 7) is -0.521. The number of carbonyl (C=O) groups is 3. The van der Waals surface area contributed by atoms with Gasteiger partial charge >= 0.3 is 11.9 Å². The van der Waals surface area contributed by atoms with Crippen LogP contribution < -0.4 is 5.32 Å². The highest BCUT2D eigenvalue weighted by atomic mass is 32.1. The van der Waals surface area contributed by atoms with Crippen LogP contribution in [0.25, 0.3) is 21.5 Å². The molecule has 8 nitrogen and oxygen atoms in total. The second-order valence-corrected chi connectivity index (χ2v) is 8.41. The van der Waals surface area contributed by atoms with Crippen molar-refractivity contribution in [2.75, 3.05) is 19.0 Å². The summed E-state index contributed by atoms with van der Waals surface area (Å²) in [4.78, 5) is 42.6. The van der Waals surface area contributed by atoms with Crippen molar-refractivity contribution in [3.63, 3.8) is 0 Å². The van der Waals surface area contributed by atoms with Crippen molar-refractivity contribution in [3.8, 4) is 10.4 Å². The Morgan fingerprint density at radius 2 is 1.94 bits per heavy atom. The Morgan fingerprint density at radius 3 is 2.79 bits per heavy atom. The Hall–Kier alpha value is -3.98. The molecule has 1 N–H and O–H groups in total. The molecule has 4 aromatic rings. The number of anilines is 1. The van der Waals surface area contributed by atoms with Gasteiger partial charge < -0.3 is 19.2 Å². The number of oxazole rings is 1. The van der Waals surface area contributed by atoms with Gasteiger partial charge in [-0.05, 0) is 41.7 Å². The molecule has 166 valence electrons. The van der Waals surface area contributed by atoms with Crippen LogP contribution in [0.4, 0.5) is 5.00 Å². The second kappa shape index (κ2) is 8.51. The number of rotatable bonds is 5. The van der Waals surface area contributed by atoms with E-state index in [-0.39, 0.29) is 5.56 Å². The third kappa shape index (κ3) is 3.76. The zero-order valence-corrected chi connectivity index (χ0v) is 18.4. The van der Waals surface area contributed by atoms with E-state index in [1.807, 2.05) is 18.2 Å². The van der Waals surface area contributed by atoms with Crippen molar-refractivity contribution >= 4 is 45.3 Å². The van der Waals surface area contributed by atoms with Crippen LogP contribution in [-0.2, 0) is 27.1 Å². The number of thiophene rings is 1. The first-order chi connectivity index (χ1) is 16.1. The van der Waals surface area contributed by atoms with Gasteiger partial charge in [-0.1, -0.05) is 30.3 Å². The van der Waals surface area contributed by atoms with E-state index in [4.69, 9.17) is 13.9 Å². The number of carbonyl (C=O) groups excluding carboxylic acids is 3. The molecule has 1 aliphatic carbocycles. The normalized spacial score (nSPS) is 12.0. The fourth-order valence-corrected chi connectivity index (χ4v) is 5.28. The molecule has 0 saturated heterocycles. The minimum atomic E-state index is -0.697. The first-order valence-electron chi connectivity index (χ1n) is 10.2. The van der Waals surface area contributed by atoms with Crippen molar-refractivity contribution in [3.05, 3.63) is 71.1 Å². The predicted molar refractivity (Wildman–Crippen MR) is 121 cm³/mol. The van der Waals surface area contributed by atoms with Crippen LogP contribution in [0.1, 0.15) is 31.8 Å². The number of nitrogens with one attached hydrogen (secondary N) is 1. The lowest BCUT2D eigenvalue weighted by molar-refractivity contribution is -0.119. The van der Waals surface area contributed by atoms with Crippen LogP contribution in [0.5, 0.6) is 0 Å². The van der Waals surface area contributed by atoms with Crippen LogP contribution >= 0.6 is 11.3 Å². The number of hydrogen-bond donors (Lipinski definition) is 1. The fraction of sp³-hybridized carbons (Fsp3) is 0.167. The maximum Gasteiger partial charge on any atom is 0.341 e. The van der Waals surface area contributed by atoms with Gasteiger partial charge in [0.2, 0.25) is 0 Å². The van der Waals surface area contributed by atoms with E-state index >= 15 is 0 Å². The summed E-state index contributed by atoms with van der Waals surface area (Å²) < 4.78 is 15.3. The molecule has 9 heteroatoms. The summed E-state index contributed by atoms with van der Waals surface area (Å²) in [7, 11) is 1.31. The van der Waals surface area contributed by atoms with E-state index in [1.165, 1.54) is 30.4 Å². The first-order valence-corrected chi connectivity index (χ1v) is 11.0. The predicted octanol–water partition coefficient (Wildman–Crippen LogP) is 4.24. The third-order valence-electron chi connectivity index (χ3n) is 5.47. The van der Waals surface area contributed by atoms with Gasteiger partial charge in [0, 0.05) is 4.88 Å². The quantitative estimate of drug-likeness (QED) is 0.442. The summed E-state index contributed by atoms with van der Waals surface area (Å²) in [6.07, 6.45) is 2.70. The summed E-state index contributed by atoms with van der Waals surface area (Å²) in [5, 5.41) is 3.10. The molecule has 0 saturated carbocycles. The van der Waals surface area contributed by atoms with Gasteiger partial charge in [0.1, 0.15) is 10.5 Å². The maximum absolute atomic E-state index is 12.6. The molecule has 0 bridgehead atoms. The van der Waals surface area contributed by atoms with E-state index in [1.54, 1.807) is 18.2 Å². The van der Waals surface area contributed by atoms with Gasteiger partial charge in [-0.2, -0.15) is 0 Å². The lowest BCUT2D eigenvalue weighted by Gasteiger charge is -2.16. The van der Waals surface area contributed by atoms with Crippen molar-refractivity contribution in [2.45, 2.75) is 12.8 Å². The van der Waals surface area contributed by atoms with Crippen molar-refractivity contribution in [1.29, 1.82) is 0 Å². The van der Waals surface area contributed by atoms with Crippen molar-refractivity contribution in [2.24, 2.45) is 0 Å². The lowest BCUT2D eigenvalue weighted by atomic mass is 9.89. The lowest BCUT2D eigenvalue weighted by Crippen LogP contribution is -2.22. The van der Waals surface area contributed by atoms with E-state index < -0.39 is 24.5 Å². The monoisotopic (exact) mass is 462 g/mol. The summed E-state index contributed by atoms with van der Waals surface area (Å²) >= 11 is 1.31. The molecule has 2 aromatic heterocycles. The van der Waals surface area contributed by atoms with Gasteiger partial charge in [0.15, 0.2) is 18.6 Å². The number of aryl methyl sites for hydroxylation is 1. The number of para-hydroxylation sites is 1. The number of fused-ring (bicyclic) bond motifs is 4. The van der Waals surface area contributed by atoms with E-state index in [2.05, 4.69) is 16.4 Å². The van der Waals surface area contributed by atoms with Gasteiger partial charge in [-0.15, -0.1) is 11.3 Å². The molecule has 2 heterocycles. The molecule has 0 unspecified atom stereocenters. The van der Waals surface area contributed by atoms with Gasteiger partial charge in [0.25, 0.3) is 5.91 Å². The molecule has 0 atom stereocenters. The molecule has 0 fully saturated rings. The second-order valence-electron chi connectivity index (χ2n) is 7.39. The van der Waals surface area contributed by atoms with Crippen LogP contribution in [0, 0.1) is 0 Å². The number of hydrogen-bond acceptors (Lipinski definition) is 8. The van der Waals surface area contributed by atoms with Crippen LogP contribution in [0.15, 0.2) is 53.3 Å². The highest BCUT2D eigenvalue weighted by Crippen LogP contribution is 2.45. The van der Waals surface area contributed by atoms with Crippen molar-refractivity contribution < 1.29 is 28.3 Å². The zero-order chi connectivity index (χ0) is 22.9. The molecule has 2 aromatic carbocycles. The molecule has 0 aliphatic heterocycles. The SMILES string of the molecule is COC(=O)c1c(NC(=O)COC(=O)c2cccc3ocnc23)sc2c1CCc1ccccc1-2. The molecule has 1 aliphatic rings. The highest BCUT2D eigenvalue weighted by molar-refractivity contribution is 7.20. The number of ether oxygens (including phenoxy) is 2. The molecule has 0 radical (unpaired) electrons. The third-order valence-corrected chi connectivity index (χ3v) is 6.65. The Morgan fingerprint density at radius 1 is 1.09 bits per heavy atom. The maximum atomic E-state index is 12.6. The van der Waals surface area contributed by atoms with E-state index in [0.29, 0.717) is 28.1 Å². The minimum Gasteiger partial charge on any atom is -0.465 e. The average Bonchev–Trinajstić information content (AvgIpc) is 3.46. The Labute approximate surface area is 192 Å². The number of amides is 1. The highest BCUT2D eigenvalue weighted by Gasteiger charge is 2.29.